The lowest BCUT2D eigenvalue weighted by molar-refractivity contribution is -0.137. The fourth-order valence-electron chi connectivity index (χ4n) is 3.21. The summed E-state index contributed by atoms with van der Waals surface area (Å²) in [7, 11) is 0. The number of anilines is 1. The number of nitrogens with one attached hydrogen (secondary N) is 2. The van der Waals surface area contributed by atoms with Crippen molar-refractivity contribution in [2.45, 2.75) is 32.1 Å². The second-order valence-electron chi connectivity index (χ2n) is 6.85. The van der Waals surface area contributed by atoms with Gasteiger partial charge in [0.25, 0.3) is 0 Å². The van der Waals surface area contributed by atoms with Gasteiger partial charge in [-0.05, 0) is 49.2 Å². The van der Waals surface area contributed by atoms with E-state index >= 15 is 0 Å². The van der Waals surface area contributed by atoms with Crippen LogP contribution in [0.1, 0.15) is 29.7 Å². The van der Waals surface area contributed by atoms with Crippen LogP contribution >= 0.6 is 0 Å². The lowest BCUT2D eigenvalue weighted by Crippen LogP contribution is -2.61. The van der Waals surface area contributed by atoms with Crippen LogP contribution in [0.3, 0.4) is 0 Å². The number of rotatable bonds is 4. The quantitative estimate of drug-likeness (QED) is 0.819. The molecule has 1 unspecified atom stereocenters. The topological polar surface area (TPSA) is 44.4 Å². The number of alkyl halides is 3. The molecule has 7 heteroatoms. The van der Waals surface area contributed by atoms with E-state index in [1.807, 2.05) is 12.1 Å². The van der Waals surface area contributed by atoms with Gasteiger partial charge in [-0.25, -0.2) is 4.79 Å². The van der Waals surface area contributed by atoms with E-state index in [1.54, 1.807) is 4.90 Å². The number of carbonyl (C=O) groups excluding carboxylic acids is 1. The number of hydrogen-bond donors (Lipinski definition) is 2. The van der Waals surface area contributed by atoms with Crippen molar-refractivity contribution in [1.29, 1.82) is 0 Å². The van der Waals surface area contributed by atoms with E-state index in [0.29, 0.717) is 18.8 Å². The largest absolute Gasteiger partial charge is 0.416 e. The Balaban J connectivity index is 1.48. The fraction of sp³-hybridized carbons (Fsp3) is 0.350. The zero-order valence-electron chi connectivity index (χ0n) is 15.2. The minimum atomic E-state index is -4.38. The van der Waals surface area contributed by atoms with Crippen LogP contribution in [-0.2, 0) is 6.18 Å². The highest BCUT2D eigenvalue weighted by molar-refractivity contribution is 5.89. The first-order chi connectivity index (χ1) is 12.7. The number of carbonyl (C=O) groups is 1. The number of benzene rings is 2. The van der Waals surface area contributed by atoms with Crippen molar-refractivity contribution >= 4 is 11.7 Å². The molecule has 2 aromatic rings. The lowest BCUT2D eigenvalue weighted by atomic mass is 10.0. The molecule has 1 atom stereocenters. The number of likely N-dealkylation sites (tertiary alicyclic amines) is 1. The third-order valence-electron chi connectivity index (χ3n) is 4.77. The van der Waals surface area contributed by atoms with Crippen LogP contribution in [0.2, 0.25) is 0 Å². The molecule has 0 saturated carbocycles. The van der Waals surface area contributed by atoms with Crippen molar-refractivity contribution in [3.05, 3.63) is 65.2 Å². The Kier molecular flexibility index (Phi) is 5.41. The summed E-state index contributed by atoms with van der Waals surface area (Å²) >= 11 is 0. The lowest BCUT2D eigenvalue weighted by Gasteiger charge is -2.41. The first kappa shape index (κ1) is 19.2. The van der Waals surface area contributed by atoms with Crippen molar-refractivity contribution in [1.82, 2.24) is 10.2 Å². The summed E-state index contributed by atoms with van der Waals surface area (Å²) in [6.07, 6.45) is -4.38. The number of hydrogen-bond acceptors (Lipinski definition) is 2. The Morgan fingerprint density at radius 3 is 2.33 bits per heavy atom. The molecule has 1 fully saturated rings. The fourth-order valence-corrected chi connectivity index (χ4v) is 3.21. The molecule has 144 valence electrons. The molecular formula is C20H22F3N3O. The van der Waals surface area contributed by atoms with Gasteiger partial charge in [0.2, 0.25) is 0 Å². The number of urea groups is 1. The van der Waals surface area contributed by atoms with Gasteiger partial charge in [0.15, 0.2) is 0 Å². The molecule has 0 bridgehead atoms. The van der Waals surface area contributed by atoms with Crippen LogP contribution in [0.15, 0.2) is 48.5 Å². The number of aryl methyl sites for hydroxylation is 1. The maximum absolute atomic E-state index is 12.6. The van der Waals surface area contributed by atoms with E-state index in [2.05, 4.69) is 36.6 Å². The second-order valence-corrected chi connectivity index (χ2v) is 6.85. The normalized spacial score (nSPS) is 16.0. The molecule has 2 amide bonds. The van der Waals surface area contributed by atoms with Gasteiger partial charge in [-0.15, -0.1) is 0 Å². The maximum Gasteiger partial charge on any atom is 0.416 e. The zero-order valence-corrected chi connectivity index (χ0v) is 15.2. The van der Waals surface area contributed by atoms with E-state index in [1.165, 1.54) is 23.3 Å². The summed E-state index contributed by atoms with van der Waals surface area (Å²) < 4.78 is 37.7. The summed E-state index contributed by atoms with van der Waals surface area (Å²) in [6, 6.07) is 12.7. The van der Waals surface area contributed by atoms with Crippen molar-refractivity contribution < 1.29 is 18.0 Å². The predicted molar refractivity (Wildman–Crippen MR) is 98.6 cm³/mol. The van der Waals surface area contributed by atoms with Crippen LogP contribution in [-0.4, -0.2) is 30.1 Å². The van der Waals surface area contributed by atoms with Crippen LogP contribution in [0, 0.1) is 6.92 Å². The maximum atomic E-state index is 12.6. The van der Waals surface area contributed by atoms with Gasteiger partial charge >= 0.3 is 12.2 Å². The average molecular weight is 377 g/mol. The average Bonchev–Trinajstić information content (AvgIpc) is 2.57. The van der Waals surface area contributed by atoms with Crippen LogP contribution in [0.25, 0.3) is 0 Å². The van der Waals surface area contributed by atoms with Gasteiger partial charge < -0.3 is 15.5 Å². The molecule has 1 aliphatic rings. The molecule has 2 N–H and O–H groups in total. The predicted octanol–water partition coefficient (Wildman–Crippen LogP) is 4.58. The Bertz CT molecular complexity index is 799. The molecule has 0 aromatic heterocycles. The SMILES string of the molecule is Cc1ccccc1C(C)NC1CN(C(=O)Nc2ccc(C(F)(F)F)cc2)C1. The summed E-state index contributed by atoms with van der Waals surface area (Å²) in [5.41, 5.74) is 2.05. The second kappa shape index (κ2) is 7.60. The van der Waals surface area contributed by atoms with Gasteiger partial charge in [-0.2, -0.15) is 13.2 Å². The summed E-state index contributed by atoms with van der Waals surface area (Å²) in [5, 5.41) is 6.13. The molecule has 1 aliphatic heterocycles. The first-order valence-corrected chi connectivity index (χ1v) is 8.79. The molecule has 4 nitrogen and oxygen atoms in total. The van der Waals surface area contributed by atoms with Crippen LogP contribution < -0.4 is 10.6 Å². The smallest absolute Gasteiger partial charge is 0.321 e. The van der Waals surface area contributed by atoms with E-state index in [0.717, 1.165) is 12.1 Å². The number of amides is 2. The Morgan fingerprint density at radius 1 is 1.11 bits per heavy atom. The Labute approximate surface area is 156 Å². The van der Waals surface area contributed by atoms with E-state index in [9.17, 15) is 18.0 Å². The highest BCUT2D eigenvalue weighted by Crippen LogP contribution is 2.30. The summed E-state index contributed by atoms with van der Waals surface area (Å²) in [5.74, 6) is 0. The molecular weight excluding hydrogens is 355 g/mol. The van der Waals surface area contributed by atoms with Crippen molar-refractivity contribution in [2.24, 2.45) is 0 Å². The summed E-state index contributed by atoms with van der Waals surface area (Å²) in [4.78, 5) is 13.8. The van der Waals surface area contributed by atoms with Gasteiger partial charge in [-0.3, -0.25) is 0 Å². The highest BCUT2D eigenvalue weighted by Gasteiger charge is 2.32. The minimum Gasteiger partial charge on any atom is -0.321 e. The third-order valence-corrected chi connectivity index (χ3v) is 4.77. The van der Waals surface area contributed by atoms with E-state index < -0.39 is 11.7 Å². The molecule has 3 rings (SSSR count). The first-order valence-electron chi connectivity index (χ1n) is 8.79. The van der Waals surface area contributed by atoms with E-state index in [4.69, 9.17) is 0 Å². The molecule has 2 aromatic carbocycles. The van der Waals surface area contributed by atoms with Crippen molar-refractivity contribution in [3.8, 4) is 0 Å². The molecule has 1 saturated heterocycles. The molecule has 0 spiro atoms. The molecule has 0 aliphatic carbocycles. The van der Waals surface area contributed by atoms with Gasteiger partial charge in [-0.1, -0.05) is 24.3 Å². The molecule has 27 heavy (non-hydrogen) atoms. The number of halogens is 3. The monoisotopic (exact) mass is 377 g/mol. The third kappa shape index (κ3) is 4.60. The molecule has 1 heterocycles. The highest BCUT2D eigenvalue weighted by atomic mass is 19.4. The molecule has 0 radical (unpaired) electrons. The van der Waals surface area contributed by atoms with Crippen molar-refractivity contribution in [3.63, 3.8) is 0 Å². The Hall–Kier alpha value is -2.54. The Morgan fingerprint density at radius 2 is 1.74 bits per heavy atom. The van der Waals surface area contributed by atoms with Gasteiger partial charge in [0.1, 0.15) is 0 Å². The van der Waals surface area contributed by atoms with Crippen LogP contribution in [0.4, 0.5) is 23.7 Å². The standard InChI is InChI=1S/C20H22F3N3O/c1-13-5-3-4-6-18(13)14(2)24-17-11-26(12-17)19(27)25-16-9-7-15(8-10-16)20(21,22)23/h3-10,14,17,24H,11-12H2,1-2H3,(H,25,27). The number of nitrogens with zero attached hydrogens (tertiary/aromatic N) is 1. The minimum absolute atomic E-state index is 0.177. The van der Waals surface area contributed by atoms with Gasteiger partial charge in [0, 0.05) is 30.9 Å². The summed E-state index contributed by atoms with van der Waals surface area (Å²) in [6.45, 7) is 5.27. The van der Waals surface area contributed by atoms with Crippen LogP contribution in [0.5, 0.6) is 0 Å². The van der Waals surface area contributed by atoms with Crippen molar-refractivity contribution in [2.75, 3.05) is 18.4 Å². The zero-order chi connectivity index (χ0) is 19.6. The van der Waals surface area contributed by atoms with E-state index in [-0.39, 0.29) is 18.1 Å². The van der Waals surface area contributed by atoms with Gasteiger partial charge in [0.05, 0.1) is 5.56 Å².